The molecule has 4 heteroatoms. The first-order valence-electron chi connectivity index (χ1n) is 7.09. The average molecular weight is 284 g/mol. The first-order chi connectivity index (χ1) is 9.38. The summed E-state index contributed by atoms with van der Waals surface area (Å²) in [6.07, 6.45) is 1.77. The Morgan fingerprint density at radius 2 is 1.85 bits per heavy atom. The normalized spacial score (nSPS) is 17.2. The number of Topliss-reactive ketones (excluding diaryl/α,β-unsaturated/α-hetero) is 1. The van der Waals surface area contributed by atoms with Crippen molar-refractivity contribution in [3.8, 4) is 0 Å². The summed E-state index contributed by atoms with van der Waals surface area (Å²) >= 11 is 0. The van der Waals surface area contributed by atoms with E-state index in [0.29, 0.717) is 23.5 Å². The summed E-state index contributed by atoms with van der Waals surface area (Å²) in [5.74, 6) is 0.376. The topological polar surface area (TPSA) is 17.1 Å². The lowest BCUT2D eigenvalue weighted by molar-refractivity contribution is -0.137. The van der Waals surface area contributed by atoms with Crippen LogP contribution in [0.3, 0.4) is 0 Å². The molecule has 0 radical (unpaired) electrons. The van der Waals surface area contributed by atoms with E-state index in [9.17, 15) is 18.0 Å². The van der Waals surface area contributed by atoms with Crippen molar-refractivity contribution in [1.29, 1.82) is 0 Å². The van der Waals surface area contributed by atoms with E-state index in [2.05, 4.69) is 0 Å². The van der Waals surface area contributed by atoms with E-state index in [1.54, 1.807) is 6.92 Å². The Morgan fingerprint density at radius 3 is 2.40 bits per heavy atom. The maximum atomic E-state index is 12.6. The van der Waals surface area contributed by atoms with Crippen molar-refractivity contribution in [2.45, 2.75) is 51.6 Å². The summed E-state index contributed by atoms with van der Waals surface area (Å²) in [7, 11) is 0. The second kappa shape index (κ2) is 5.98. The predicted molar refractivity (Wildman–Crippen MR) is 71.7 cm³/mol. The van der Waals surface area contributed by atoms with Crippen LogP contribution in [0.15, 0.2) is 18.2 Å². The van der Waals surface area contributed by atoms with Crippen LogP contribution in [0.5, 0.6) is 0 Å². The molecule has 1 aliphatic carbocycles. The molecule has 0 bridgehead atoms. The molecule has 1 aromatic rings. The number of hydrogen-bond acceptors (Lipinski definition) is 1. The minimum atomic E-state index is -4.35. The SMILES string of the molecule is Cc1cc(C(F)(F)F)ccc1C(=O)CC1CCCCC1. The number of rotatable bonds is 3. The van der Waals surface area contributed by atoms with Crippen LogP contribution in [0, 0.1) is 12.8 Å². The lowest BCUT2D eigenvalue weighted by Crippen LogP contribution is -2.14. The predicted octanol–water partition coefficient (Wildman–Crippen LogP) is 5.17. The quantitative estimate of drug-likeness (QED) is 0.700. The molecule has 1 nitrogen and oxygen atoms in total. The molecule has 0 heterocycles. The number of carbonyl (C=O) groups is 1. The van der Waals surface area contributed by atoms with E-state index in [4.69, 9.17) is 0 Å². The van der Waals surface area contributed by atoms with Gasteiger partial charge in [-0.25, -0.2) is 0 Å². The molecule has 1 saturated carbocycles. The zero-order chi connectivity index (χ0) is 14.8. The molecule has 1 aromatic carbocycles. The fourth-order valence-corrected chi connectivity index (χ4v) is 2.92. The Balaban J connectivity index is 2.10. The van der Waals surface area contributed by atoms with Crippen LogP contribution >= 0.6 is 0 Å². The van der Waals surface area contributed by atoms with Crippen LogP contribution < -0.4 is 0 Å². The molecule has 2 rings (SSSR count). The molecule has 20 heavy (non-hydrogen) atoms. The lowest BCUT2D eigenvalue weighted by atomic mass is 9.84. The molecule has 110 valence electrons. The van der Waals surface area contributed by atoms with Gasteiger partial charge >= 0.3 is 6.18 Å². The minimum Gasteiger partial charge on any atom is -0.294 e. The van der Waals surface area contributed by atoms with Gasteiger partial charge in [-0.1, -0.05) is 38.2 Å². The highest BCUT2D eigenvalue weighted by Crippen LogP contribution is 2.32. The van der Waals surface area contributed by atoms with Crippen molar-refractivity contribution < 1.29 is 18.0 Å². The van der Waals surface area contributed by atoms with Gasteiger partial charge in [-0.2, -0.15) is 13.2 Å². The summed E-state index contributed by atoms with van der Waals surface area (Å²) in [6, 6.07) is 3.39. The van der Waals surface area contributed by atoms with Crippen LogP contribution in [0.25, 0.3) is 0 Å². The van der Waals surface area contributed by atoms with Crippen molar-refractivity contribution in [2.24, 2.45) is 5.92 Å². The van der Waals surface area contributed by atoms with Gasteiger partial charge in [0, 0.05) is 12.0 Å². The largest absolute Gasteiger partial charge is 0.416 e. The van der Waals surface area contributed by atoms with E-state index >= 15 is 0 Å². The Kier molecular flexibility index (Phi) is 4.51. The van der Waals surface area contributed by atoms with E-state index in [1.165, 1.54) is 12.5 Å². The zero-order valence-electron chi connectivity index (χ0n) is 11.6. The molecular formula is C16H19F3O. The van der Waals surface area contributed by atoms with Crippen LogP contribution in [0.1, 0.15) is 60.0 Å². The number of hydrogen-bond donors (Lipinski definition) is 0. The number of halogens is 3. The van der Waals surface area contributed by atoms with Gasteiger partial charge in [-0.05, 0) is 30.5 Å². The first-order valence-corrected chi connectivity index (χ1v) is 7.09. The molecular weight excluding hydrogens is 265 g/mol. The number of benzene rings is 1. The summed E-state index contributed by atoms with van der Waals surface area (Å²) in [5, 5.41) is 0. The third kappa shape index (κ3) is 3.62. The third-order valence-electron chi connectivity index (χ3n) is 4.05. The van der Waals surface area contributed by atoms with Crippen molar-refractivity contribution in [3.05, 3.63) is 34.9 Å². The molecule has 0 amide bonds. The highest BCUT2D eigenvalue weighted by Gasteiger charge is 2.31. The number of carbonyl (C=O) groups excluding carboxylic acids is 1. The maximum absolute atomic E-state index is 12.6. The monoisotopic (exact) mass is 284 g/mol. The summed E-state index contributed by atoms with van der Waals surface area (Å²) in [4.78, 5) is 12.2. The summed E-state index contributed by atoms with van der Waals surface area (Å²) in [6.45, 7) is 1.57. The maximum Gasteiger partial charge on any atom is 0.416 e. The summed E-state index contributed by atoms with van der Waals surface area (Å²) in [5.41, 5.74) is 0.161. The molecule has 0 aromatic heterocycles. The average Bonchev–Trinajstić information content (AvgIpc) is 2.38. The van der Waals surface area contributed by atoms with Crippen LogP contribution in [-0.2, 0) is 6.18 Å². The van der Waals surface area contributed by atoms with Gasteiger partial charge in [0.1, 0.15) is 0 Å². The van der Waals surface area contributed by atoms with Crippen LogP contribution in [-0.4, -0.2) is 5.78 Å². The second-order valence-electron chi connectivity index (χ2n) is 5.66. The molecule has 1 fully saturated rings. The smallest absolute Gasteiger partial charge is 0.294 e. The Bertz CT molecular complexity index is 485. The van der Waals surface area contributed by atoms with Crippen molar-refractivity contribution in [2.75, 3.05) is 0 Å². The molecule has 1 aliphatic rings. The summed E-state index contributed by atoms with van der Waals surface area (Å²) < 4.78 is 37.8. The minimum absolute atomic E-state index is 0.0249. The Morgan fingerprint density at radius 1 is 1.20 bits per heavy atom. The highest BCUT2D eigenvalue weighted by molar-refractivity contribution is 5.97. The van der Waals surface area contributed by atoms with Gasteiger partial charge in [-0.3, -0.25) is 4.79 Å². The van der Waals surface area contributed by atoms with Gasteiger partial charge in [0.05, 0.1) is 5.56 Å². The van der Waals surface area contributed by atoms with Crippen LogP contribution in [0.2, 0.25) is 0 Å². The van der Waals surface area contributed by atoms with E-state index in [-0.39, 0.29) is 5.78 Å². The zero-order valence-corrected chi connectivity index (χ0v) is 11.6. The highest BCUT2D eigenvalue weighted by atomic mass is 19.4. The van der Waals surface area contributed by atoms with Crippen molar-refractivity contribution in [1.82, 2.24) is 0 Å². The third-order valence-corrected chi connectivity index (χ3v) is 4.05. The molecule has 0 unspecified atom stereocenters. The Labute approximate surface area is 117 Å². The van der Waals surface area contributed by atoms with Gasteiger partial charge in [0.25, 0.3) is 0 Å². The number of aryl methyl sites for hydroxylation is 1. The fourth-order valence-electron chi connectivity index (χ4n) is 2.92. The molecule has 0 spiro atoms. The fraction of sp³-hybridized carbons (Fsp3) is 0.562. The second-order valence-corrected chi connectivity index (χ2v) is 5.66. The number of ketones is 1. The van der Waals surface area contributed by atoms with Gasteiger partial charge in [-0.15, -0.1) is 0 Å². The van der Waals surface area contributed by atoms with Gasteiger partial charge in [0.2, 0.25) is 0 Å². The molecule has 0 saturated heterocycles. The lowest BCUT2D eigenvalue weighted by Gasteiger charge is -2.21. The van der Waals surface area contributed by atoms with E-state index < -0.39 is 11.7 Å². The van der Waals surface area contributed by atoms with Crippen molar-refractivity contribution >= 4 is 5.78 Å². The van der Waals surface area contributed by atoms with Gasteiger partial charge in [0.15, 0.2) is 5.78 Å². The van der Waals surface area contributed by atoms with Crippen molar-refractivity contribution in [3.63, 3.8) is 0 Å². The molecule has 0 aliphatic heterocycles. The number of alkyl halides is 3. The standard InChI is InChI=1S/C16H19F3O/c1-11-9-13(16(17,18)19)7-8-14(11)15(20)10-12-5-3-2-4-6-12/h7-9,12H,2-6,10H2,1H3. The molecule has 0 atom stereocenters. The van der Waals surface area contributed by atoms with Crippen LogP contribution in [0.4, 0.5) is 13.2 Å². The first kappa shape index (κ1) is 15.1. The van der Waals surface area contributed by atoms with E-state index in [0.717, 1.165) is 37.8 Å². The Hall–Kier alpha value is -1.32. The van der Waals surface area contributed by atoms with E-state index in [1.807, 2.05) is 0 Å². The van der Waals surface area contributed by atoms with Gasteiger partial charge < -0.3 is 0 Å². The molecule has 0 N–H and O–H groups in total.